The average Bonchev–Trinajstić information content (AvgIpc) is 2.34. The van der Waals surface area contributed by atoms with Crippen LogP contribution < -0.4 is 4.74 Å². The first-order valence-electron chi connectivity index (χ1n) is 5.51. The molecule has 0 aromatic heterocycles. The Bertz CT molecular complexity index is 336. The molecule has 0 heterocycles. The van der Waals surface area contributed by atoms with Crippen LogP contribution in [0, 0.1) is 0 Å². The Balaban J connectivity index is 2.52. The number of hydrogen-bond acceptors (Lipinski definition) is 2. The molecule has 0 aliphatic heterocycles. The van der Waals surface area contributed by atoms with Gasteiger partial charge in [-0.2, -0.15) is 0 Å². The van der Waals surface area contributed by atoms with Crippen LogP contribution in [0.2, 0.25) is 0 Å². The van der Waals surface area contributed by atoms with Gasteiger partial charge >= 0.3 is 0 Å². The van der Waals surface area contributed by atoms with Crippen molar-refractivity contribution in [2.75, 3.05) is 12.4 Å². The van der Waals surface area contributed by atoms with Crippen molar-refractivity contribution in [3.63, 3.8) is 0 Å². The molecular weight excluding hydrogens is 268 g/mol. The van der Waals surface area contributed by atoms with Crippen molar-refractivity contribution in [1.82, 2.24) is 0 Å². The molecule has 0 spiro atoms. The van der Waals surface area contributed by atoms with Crippen molar-refractivity contribution < 1.29 is 9.53 Å². The van der Waals surface area contributed by atoms with E-state index in [-0.39, 0.29) is 5.78 Å². The first-order valence-corrected chi connectivity index (χ1v) is 6.64. The summed E-state index contributed by atoms with van der Waals surface area (Å²) in [5.74, 6) is 0.847. The summed E-state index contributed by atoms with van der Waals surface area (Å²) < 4.78 is 5.17. The fraction of sp³-hybridized carbons (Fsp3) is 0.462. The number of ether oxygens (including phenoxy) is 1. The van der Waals surface area contributed by atoms with E-state index in [1.807, 2.05) is 24.3 Å². The zero-order chi connectivity index (χ0) is 11.8. The number of para-hydroxylation sites is 1. The standard InChI is InChI=1S/C13H17BrO2/c1-16-13-9-5-4-7-11(13)12(15)8-3-2-6-10-14/h4-5,7,9H,2-3,6,8,10H2,1H3. The minimum atomic E-state index is 0.173. The molecule has 0 unspecified atom stereocenters. The third kappa shape index (κ3) is 3.97. The lowest BCUT2D eigenvalue weighted by atomic mass is 10.0. The van der Waals surface area contributed by atoms with Crippen LogP contribution in [0.3, 0.4) is 0 Å². The number of unbranched alkanes of at least 4 members (excludes halogenated alkanes) is 2. The van der Waals surface area contributed by atoms with E-state index in [2.05, 4.69) is 15.9 Å². The van der Waals surface area contributed by atoms with E-state index >= 15 is 0 Å². The fourth-order valence-corrected chi connectivity index (χ4v) is 1.96. The number of carbonyl (C=O) groups is 1. The van der Waals surface area contributed by atoms with Gasteiger partial charge in [-0.1, -0.05) is 34.5 Å². The molecule has 0 fully saturated rings. The molecule has 0 N–H and O–H groups in total. The minimum Gasteiger partial charge on any atom is -0.496 e. The third-order valence-electron chi connectivity index (χ3n) is 2.44. The maximum atomic E-state index is 11.9. The molecular formula is C13H17BrO2. The van der Waals surface area contributed by atoms with Crippen LogP contribution in [0.1, 0.15) is 36.0 Å². The van der Waals surface area contributed by atoms with Crippen LogP contribution in [0.15, 0.2) is 24.3 Å². The Morgan fingerprint density at radius 3 is 2.69 bits per heavy atom. The smallest absolute Gasteiger partial charge is 0.166 e. The van der Waals surface area contributed by atoms with Crippen LogP contribution in [0.4, 0.5) is 0 Å². The number of ketones is 1. The molecule has 2 nitrogen and oxygen atoms in total. The van der Waals surface area contributed by atoms with Gasteiger partial charge in [-0.15, -0.1) is 0 Å². The van der Waals surface area contributed by atoms with Gasteiger partial charge in [0, 0.05) is 11.8 Å². The van der Waals surface area contributed by atoms with Gasteiger partial charge in [-0.3, -0.25) is 4.79 Å². The van der Waals surface area contributed by atoms with Gasteiger partial charge in [-0.25, -0.2) is 0 Å². The summed E-state index contributed by atoms with van der Waals surface area (Å²) in [6, 6.07) is 7.39. The molecule has 1 aromatic carbocycles. The quantitative estimate of drug-likeness (QED) is 0.432. The summed E-state index contributed by atoms with van der Waals surface area (Å²) >= 11 is 3.38. The van der Waals surface area contributed by atoms with E-state index in [0.717, 1.165) is 24.6 Å². The Hall–Kier alpha value is -0.830. The molecule has 1 aromatic rings. The van der Waals surface area contributed by atoms with Crippen molar-refractivity contribution in [2.45, 2.75) is 25.7 Å². The second kappa shape index (κ2) is 7.44. The van der Waals surface area contributed by atoms with E-state index in [1.165, 1.54) is 0 Å². The Labute approximate surface area is 105 Å². The van der Waals surface area contributed by atoms with E-state index in [4.69, 9.17) is 4.74 Å². The maximum Gasteiger partial charge on any atom is 0.166 e. The summed E-state index contributed by atoms with van der Waals surface area (Å²) in [6.07, 6.45) is 3.77. The molecule has 0 aliphatic rings. The number of rotatable bonds is 7. The molecule has 88 valence electrons. The summed E-state index contributed by atoms with van der Waals surface area (Å²) in [6.45, 7) is 0. The van der Waals surface area contributed by atoms with E-state index in [9.17, 15) is 4.79 Å². The summed E-state index contributed by atoms with van der Waals surface area (Å²) in [5.41, 5.74) is 0.698. The van der Waals surface area contributed by atoms with Gasteiger partial charge in [0.15, 0.2) is 5.78 Å². The zero-order valence-corrected chi connectivity index (χ0v) is 11.1. The average molecular weight is 285 g/mol. The number of hydrogen-bond donors (Lipinski definition) is 0. The molecule has 0 aliphatic carbocycles. The van der Waals surface area contributed by atoms with Crippen molar-refractivity contribution in [3.8, 4) is 5.75 Å². The first kappa shape index (κ1) is 13.2. The van der Waals surface area contributed by atoms with Gasteiger partial charge in [0.2, 0.25) is 0 Å². The lowest BCUT2D eigenvalue weighted by molar-refractivity contribution is 0.0976. The van der Waals surface area contributed by atoms with Crippen molar-refractivity contribution in [3.05, 3.63) is 29.8 Å². The zero-order valence-electron chi connectivity index (χ0n) is 9.54. The largest absolute Gasteiger partial charge is 0.496 e. The summed E-state index contributed by atoms with van der Waals surface area (Å²) in [7, 11) is 1.59. The molecule has 0 amide bonds. The van der Waals surface area contributed by atoms with E-state index < -0.39 is 0 Å². The van der Waals surface area contributed by atoms with Gasteiger partial charge in [0.25, 0.3) is 0 Å². The topological polar surface area (TPSA) is 26.3 Å². The number of methoxy groups -OCH3 is 1. The first-order chi connectivity index (χ1) is 7.79. The lowest BCUT2D eigenvalue weighted by Gasteiger charge is -2.06. The van der Waals surface area contributed by atoms with Crippen LogP contribution >= 0.6 is 15.9 Å². The van der Waals surface area contributed by atoms with Crippen molar-refractivity contribution >= 4 is 21.7 Å². The molecule has 0 atom stereocenters. The predicted octanol–water partition coefficient (Wildman–Crippen LogP) is 3.83. The Kier molecular flexibility index (Phi) is 6.16. The second-order valence-corrected chi connectivity index (χ2v) is 4.42. The summed E-state index contributed by atoms with van der Waals surface area (Å²) in [4.78, 5) is 11.9. The summed E-state index contributed by atoms with van der Waals surface area (Å²) in [5, 5.41) is 1.01. The van der Waals surface area contributed by atoms with Gasteiger partial charge in [0.1, 0.15) is 5.75 Å². The predicted molar refractivity (Wildman–Crippen MR) is 69.6 cm³/mol. The normalized spacial score (nSPS) is 10.1. The highest BCUT2D eigenvalue weighted by molar-refractivity contribution is 9.09. The van der Waals surface area contributed by atoms with Crippen LogP contribution in [-0.4, -0.2) is 18.2 Å². The second-order valence-electron chi connectivity index (χ2n) is 3.62. The Morgan fingerprint density at radius 1 is 1.25 bits per heavy atom. The number of alkyl halides is 1. The van der Waals surface area contributed by atoms with Crippen LogP contribution in [0.25, 0.3) is 0 Å². The molecule has 1 rings (SSSR count). The van der Waals surface area contributed by atoms with Gasteiger partial charge in [-0.05, 0) is 25.0 Å². The Morgan fingerprint density at radius 2 is 2.00 bits per heavy atom. The molecule has 3 heteroatoms. The SMILES string of the molecule is COc1ccccc1C(=O)CCCCCBr. The van der Waals surface area contributed by atoms with Crippen molar-refractivity contribution in [2.24, 2.45) is 0 Å². The number of carbonyl (C=O) groups excluding carboxylic acids is 1. The van der Waals surface area contributed by atoms with Gasteiger partial charge in [0.05, 0.1) is 12.7 Å². The third-order valence-corrected chi connectivity index (χ3v) is 3.01. The van der Waals surface area contributed by atoms with Crippen molar-refractivity contribution in [1.29, 1.82) is 0 Å². The van der Waals surface area contributed by atoms with Gasteiger partial charge < -0.3 is 4.74 Å². The van der Waals surface area contributed by atoms with E-state index in [0.29, 0.717) is 17.7 Å². The maximum absolute atomic E-state index is 11.9. The number of halogens is 1. The highest BCUT2D eigenvalue weighted by atomic mass is 79.9. The fourth-order valence-electron chi connectivity index (χ4n) is 1.57. The van der Waals surface area contributed by atoms with E-state index in [1.54, 1.807) is 7.11 Å². The van der Waals surface area contributed by atoms with Crippen LogP contribution in [0.5, 0.6) is 5.75 Å². The number of benzene rings is 1. The monoisotopic (exact) mass is 284 g/mol. The molecule has 16 heavy (non-hydrogen) atoms. The molecule has 0 radical (unpaired) electrons. The van der Waals surface area contributed by atoms with Crippen LogP contribution in [-0.2, 0) is 0 Å². The molecule has 0 saturated carbocycles. The minimum absolute atomic E-state index is 0.173. The lowest BCUT2D eigenvalue weighted by Crippen LogP contribution is -2.01. The molecule has 0 bridgehead atoms. The number of Topliss-reactive ketones (excluding diaryl/α,β-unsaturated/α-hetero) is 1. The molecule has 0 saturated heterocycles. The highest BCUT2D eigenvalue weighted by Gasteiger charge is 2.10. The highest BCUT2D eigenvalue weighted by Crippen LogP contribution is 2.20.